The summed E-state index contributed by atoms with van der Waals surface area (Å²) >= 11 is 0. The molecule has 7 nitrogen and oxygen atoms in total. The highest BCUT2D eigenvalue weighted by Crippen LogP contribution is 2.45. The minimum absolute atomic E-state index is 0.0628. The molecular weight excluding hydrogens is 356 g/mol. The van der Waals surface area contributed by atoms with Gasteiger partial charge in [-0.25, -0.2) is 8.42 Å². The smallest absolute Gasteiger partial charge is 0.220 e. The number of sulfone groups is 1. The van der Waals surface area contributed by atoms with Gasteiger partial charge in [-0.15, -0.1) is 0 Å². The van der Waals surface area contributed by atoms with Crippen molar-refractivity contribution in [3.05, 3.63) is 47.5 Å². The van der Waals surface area contributed by atoms with E-state index in [4.69, 9.17) is 14.2 Å². The quantitative estimate of drug-likeness (QED) is 0.815. The number of hydrogen-bond acceptors (Lipinski definition) is 7. The Kier molecular flexibility index (Phi) is 4.49. The normalized spacial score (nSPS) is 14.7. The van der Waals surface area contributed by atoms with Crippen molar-refractivity contribution in [3.63, 3.8) is 0 Å². The molecule has 0 spiro atoms. The van der Waals surface area contributed by atoms with Crippen molar-refractivity contribution in [1.29, 1.82) is 5.26 Å². The van der Waals surface area contributed by atoms with Gasteiger partial charge in [0.25, 0.3) is 0 Å². The molecule has 2 aromatic rings. The van der Waals surface area contributed by atoms with Gasteiger partial charge < -0.3 is 19.1 Å². The summed E-state index contributed by atoms with van der Waals surface area (Å²) in [6, 6.07) is 11.6. The minimum Gasteiger partial charge on any atom is -0.493 e. The topological polar surface area (TPSA) is 88.9 Å². The number of nitriles is 1. The van der Waals surface area contributed by atoms with E-state index in [0.717, 1.165) is 0 Å². The van der Waals surface area contributed by atoms with Crippen LogP contribution in [-0.4, -0.2) is 29.7 Å². The molecule has 0 aliphatic carbocycles. The molecule has 0 saturated carbocycles. The maximum Gasteiger partial charge on any atom is 0.220 e. The van der Waals surface area contributed by atoms with Gasteiger partial charge in [-0.2, -0.15) is 5.26 Å². The Hall–Kier alpha value is -3.18. The third-order valence-corrected chi connectivity index (χ3v) is 5.69. The number of hydrogen-bond donors (Lipinski definition) is 0. The van der Waals surface area contributed by atoms with E-state index in [-0.39, 0.29) is 9.80 Å². The zero-order valence-electron chi connectivity index (χ0n) is 14.4. The van der Waals surface area contributed by atoms with E-state index in [0.29, 0.717) is 28.6 Å². The predicted octanol–water partition coefficient (Wildman–Crippen LogP) is 3.00. The van der Waals surface area contributed by atoms with Gasteiger partial charge in [0.1, 0.15) is 6.07 Å². The average Bonchev–Trinajstić information content (AvgIpc) is 2.67. The molecule has 0 aromatic heterocycles. The first-order valence-electron chi connectivity index (χ1n) is 7.53. The largest absolute Gasteiger partial charge is 0.493 e. The number of methoxy groups -OCH3 is 3. The molecule has 0 atom stereocenters. The molecule has 0 bridgehead atoms. The Morgan fingerprint density at radius 2 is 1.62 bits per heavy atom. The van der Waals surface area contributed by atoms with Crippen LogP contribution in [-0.2, 0) is 9.84 Å². The van der Waals surface area contributed by atoms with E-state index < -0.39 is 9.84 Å². The van der Waals surface area contributed by atoms with Crippen LogP contribution in [0.15, 0.2) is 52.4 Å². The van der Waals surface area contributed by atoms with Gasteiger partial charge in [-0.1, -0.05) is 12.1 Å². The number of ether oxygens (including phenoxy) is 3. The number of allylic oxidation sites excluding steroid dienone is 1. The van der Waals surface area contributed by atoms with Crippen LogP contribution in [0.1, 0.15) is 0 Å². The van der Waals surface area contributed by atoms with Crippen molar-refractivity contribution in [2.45, 2.75) is 4.90 Å². The molecule has 3 rings (SSSR count). The third-order valence-electron chi connectivity index (χ3n) is 3.99. The standard InChI is InChI=1S/C18H16N2O5S/c1-23-15-8-12(9-16(24-2)18(15)25-3)20-11-13(10-19)26(21,22)17-7-5-4-6-14(17)20/h4-9,11H,1-3H3. The summed E-state index contributed by atoms with van der Waals surface area (Å²) in [7, 11) is 0.634. The monoisotopic (exact) mass is 372 g/mol. The van der Waals surface area contributed by atoms with Crippen LogP contribution < -0.4 is 19.1 Å². The molecule has 26 heavy (non-hydrogen) atoms. The van der Waals surface area contributed by atoms with Crippen molar-refractivity contribution >= 4 is 21.2 Å². The summed E-state index contributed by atoms with van der Waals surface area (Å²) in [6.07, 6.45) is 1.29. The van der Waals surface area contributed by atoms with Crippen LogP contribution in [0.25, 0.3) is 0 Å². The van der Waals surface area contributed by atoms with Gasteiger partial charge in [0.05, 0.1) is 37.6 Å². The number of rotatable bonds is 4. The number of anilines is 2. The van der Waals surface area contributed by atoms with Crippen molar-refractivity contribution < 1.29 is 22.6 Å². The van der Waals surface area contributed by atoms with E-state index in [1.165, 1.54) is 33.6 Å². The molecule has 8 heteroatoms. The third kappa shape index (κ3) is 2.62. The molecule has 134 valence electrons. The van der Waals surface area contributed by atoms with Crippen LogP contribution in [0.3, 0.4) is 0 Å². The van der Waals surface area contributed by atoms with Gasteiger partial charge >= 0.3 is 0 Å². The summed E-state index contributed by atoms with van der Waals surface area (Å²) in [4.78, 5) is 1.33. The van der Waals surface area contributed by atoms with E-state index in [1.807, 2.05) is 0 Å². The highest BCUT2D eigenvalue weighted by Gasteiger charge is 2.32. The highest BCUT2D eigenvalue weighted by atomic mass is 32.2. The first-order chi connectivity index (χ1) is 12.5. The van der Waals surface area contributed by atoms with Gasteiger partial charge in [0, 0.05) is 18.3 Å². The molecule has 0 radical (unpaired) electrons. The lowest BCUT2D eigenvalue weighted by Gasteiger charge is -2.28. The van der Waals surface area contributed by atoms with Crippen molar-refractivity contribution in [2.75, 3.05) is 26.2 Å². The molecule has 0 fully saturated rings. The Labute approximate surface area is 151 Å². The lowest BCUT2D eigenvalue weighted by molar-refractivity contribution is 0.324. The average molecular weight is 372 g/mol. The molecule has 1 aliphatic rings. The zero-order valence-corrected chi connectivity index (χ0v) is 15.2. The van der Waals surface area contributed by atoms with E-state index in [2.05, 4.69) is 0 Å². The lowest BCUT2D eigenvalue weighted by atomic mass is 10.2. The van der Waals surface area contributed by atoms with Crippen molar-refractivity contribution in [1.82, 2.24) is 0 Å². The Bertz CT molecular complexity index is 1010. The van der Waals surface area contributed by atoms with Crippen LogP contribution in [0.5, 0.6) is 17.2 Å². The number of para-hydroxylation sites is 1. The summed E-state index contributed by atoms with van der Waals surface area (Å²) in [5.41, 5.74) is 0.996. The zero-order chi connectivity index (χ0) is 18.9. The molecule has 0 N–H and O–H groups in total. The Balaban J connectivity index is 2.29. The molecule has 0 amide bonds. The maximum atomic E-state index is 12.6. The second-order valence-electron chi connectivity index (χ2n) is 5.33. The molecule has 0 saturated heterocycles. The maximum absolute atomic E-state index is 12.6. The highest BCUT2D eigenvalue weighted by molar-refractivity contribution is 7.95. The van der Waals surface area contributed by atoms with E-state index >= 15 is 0 Å². The van der Waals surface area contributed by atoms with Gasteiger partial charge in [-0.05, 0) is 12.1 Å². The van der Waals surface area contributed by atoms with Gasteiger partial charge in [0.2, 0.25) is 15.6 Å². The van der Waals surface area contributed by atoms with E-state index in [1.54, 1.807) is 41.3 Å². The molecule has 1 heterocycles. The minimum atomic E-state index is -3.85. The summed E-state index contributed by atoms with van der Waals surface area (Å²) in [5, 5.41) is 9.31. The van der Waals surface area contributed by atoms with Gasteiger partial charge in [0.15, 0.2) is 16.4 Å². The number of fused-ring (bicyclic) bond motifs is 1. The second kappa shape index (κ2) is 6.61. The van der Waals surface area contributed by atoms with Crippen LogP contribution >= 0.6 is 0 Å². The fraction of sp³-hybridized carbons (Fsp3) is 0.167. The van der Waals surface area contributed by atoms with Crippen molar-refractivity contribution in [2.24, 2.45) is 0 Å². The number of nitrogens with zero attached hydrogens (tertiary/aromatic N) is 2. The Morgan fingerprint density at radius 3 is 2.15 bits per heavy atom. The molecule has 2 aromatic carbocycles. The SMILES string of the molecule is COc1cc(N2C=C(C#N)S(=O)(=O)c3ccccc32)cc(OC)c1OC. The first kappa shape index (κ1) is 17.6. The molecule has 1 aliphatic heterocycles. The molecular formula is C18H16N2O5S. The second-order valence-corrected chi connectivity index (χ2v) is 7.22. The summed E-state index contributed by atoms with van der Waals surface area (Å²) < 4.78 is 41.2. The van der Waals surface area contributed by atoms with Crippen molar-refractivity contribution in [3.8, 4) is 23.3 Å². The van der Waals surface area contributed by atoms with Crippen LogP contribution in [0.2, 0.25) is 0 Å². The lowest BCUT2D eigenvalue weighted by Crippen LogP contribution is -2.21. The molecule has 0 unspecified atom stereocenters. The summed E-state index contributed by atoms with van der Waals surface area (Å²) in [5.74, 6) is 1.25. The predicted molar refractivity (Wildman–Crippen MR) is 95.6 cm³/mol. The fourth-order valence-corrected chi connectivity index (χ4v) is 4.07. The van der Waals surface area contributed by atoms with Gasteiger partial charge in [-0.3, -0.25) is 0 Å². The van der Waals surface area contributed by atoms with Crippen LogP contribution in [0.4, 0.5) is 11.4 Å². The van der Waals surface area contributed by atoms with Crippen LogP contribution in [0, 0.1) is 11.3 Å². The summed E-state index contributed by atoms with van der Waals surface area (Å²) in [6.45, 7) is 0. The van der Waals surface area contributed by atoms with E-state index in [9.17, 15) is 13.7 Å². The number of benzene rings is 2. The first-order valence-corrected chi connectivity index (χ1v) is 9.01. The Morgan fingerprint density at radius 1 is 1.00 bits per heavy atom. The fourth-order valence-electron chi connectivity index (χ4n) is 2.77.